The van der Waals surface area contributed by atoms with Crippen molar-refractivity contribution in [2.45, 2.75) is 45.6 Å². The van der Waals surface area contributed by atoms with E-state index in [1.807, 2.05) is 6.92 Å². The van der Waals surface area contributed by atoms with E-state index in [9.17, 15) is 14.9 Å². The number of esters is 1. The minimum absolute atomic E-state index is 0.0219. The van der Waals surface area contributed by atoms with E-state index < -0.39 is 24.0 Å². The fraction of sp³-hybridized carbons (Fsp3) is 0.529. The summed E-state index contributed by atoms with van der Waals surface area (Å²) in [6.07, 6.45) is 3.21. The van der Waals surface area contributed by atoms with Gasteiger partial charge in [0, 0.05) is 17.0 Å². The first-order valence-corrected chi connectivity index (χ1v) is 8.37. The van der Waals surface area contributed by atoms with E-state index in [1.165, 1.54) is 6.33 Å². The predicted octanol–water partition coefficient (Wildman–Crippen LogP) is 0.635. The standard InChI is InChI=1S/C17H20N6O3/c1-10-13(11(2)23-16(21-10)19-9-20-23)6-15(25)26-7-14(24)22-17(3,8-18)12-4-5-12/h9,12H,4-7H2,1-3H3,(H,22,24)/t17-/m0/s1. The van der Waals surface area contributed by atoms with Crippen LogP contribution in [-0.4, -0.2) is 43.6 Å². The van der Waals surface area contributed by atoms with Gasteiger partial charge in [-0.2, -0.15) is 15.3 Å². The molecule has 9 heteroatoms. The van der Waals surface area contributed by atoms with Gasteiger partial charge in [-0.05, 0) is 39.5 Å². The lowest BCUT2D eigenvalue weighted by atomic mass is 9.98. The maximum atomic E-state index is 12.1. The van der Waals surface area contributed by atoms with Gasteiger partial charge in [-0.25, -0.2) is 9.50 Å². The van der Waals surface area contributed by atoms with Crippen molar-refractivity contribution in [1.29, 1.82) is 5.26 Å². The molecule has 0 saturated heterocycles. The van der Waals surface area contributed by atoms with Gasteiger partial charge < -0.3 is 10.1 Å². The molecular formula is C17H20N6O3. The Morgan fingerprint density at radius 3 is 2.85 bits per heavy atom. The molecule has 9 nitrogen and oxygen atoms in total. The lowest BCUT2D eigenvalue weighted by molar-refractivity contribution is -0.148. The summed E-state index contributed by atoms with van der Waals surface area (Å²) in [5.41, 5.74) is 1.19. The highest BCUT2D eigenvalue weighted by Crippen LogP contribution is 2.39. The fourth-order valence-corrected chi connectivity index (χ4v) is 2.96. The zero-order valence-electron chi connectivity index (χ0n) is 14.9. The third-order valence-electron chi connectivity index (χ3n) is 4.70. The van der Waals surface area contributed by atoms with Crippen LogP contribution >= 0.6 is 0 Å². The summed E-state index contributed by atoms with van der Waals surface area (Å²) in [5, 5.41) is 16.0. The van der Waals surface area contributed by atoms with Gasteiger partial charge >= 0.3 is 5.97 Å². The van der Waals surface area contributed by atoms with Crippen molar-refractivity contribution in [3.8, 4) is 6.07 Å². The number of hydrogen-bond acceptors (Lipinski definition) is 7. The Morgan fingerprint density at radius 2 is 2.19 bits per heavy atom. The van der Waals surface area contributed by atoms with Crippen molar-refractivity contribution >= 4 is 17.7 Å². The molecule has 1 saturated carbocycles. The molecule has 1 atom stereocenters. The molecule has 0 bridgehead atoms. The molecule has 3 rings (SSSR count). The molecule has 136 valence electrons. The minimum Gasteiger partial charge on any atom is -0.455 e. The number of aryl methyl sites for hydroxylation is 2. The van der Waals surface area contributed by atoms with Gasteiger partial charge in [0.25, 0.3) is 11.7 Å². The molecule has 2 aromatic heterocycles. The van der Waals surface area contributed by atoms with E-state index in [4.69, 9.17) is 4.74 Å². The quantitative estimate of drug-likeness (QED) is 0.753. The maximum Gasteiger partial charge on any atom is 0.310 e. The molecule has 0 radical (unpaired) electrons. The van der Waals surface area contributed by atoms with E-state index in [2.05, 4.69) is 26.5 Å². The van der Waals surface area contributed by atoms with Crippen LogP contribution in [0.5, 0.6) is 0 Å². The van der Waals surface area contributed by atoms with Gasteiger partial charge in [-0.3, -0.25) is 9.59 Å². The minimum atomic E-state index is -0.904. The first-order chi connectivity index (χ1) is 12.3. The first kappa shape index (κ1) is 17.8. The van der Waals surface area contributed by atoms with Crippen molar-refractivity contribution in [3.63, 3.8) is 0 Å². The Bertz CT molecular complexity index is 911. The number of nitriles is 1. The molecule has 0 aliphatic heterocycles. The second-order valence-electron chi connectivity index (χ2n) is 6.71. The molecule has 2 aromatic rings. The SMILES string of the molecule is Cc1nc2ncnn2c(C)c1CC(=O)OCC(=O)N[C@@](C)(C#N)C1CC1. The number of aromatic nitrogens is 4. The lowest BCUT2D eigenvalue weighted by Gasteiger charge is -2.22. The van der Waals surface area contributed by atoms with Gasteiger partial charge in [0.15, 0.2) is 6.61 Å². The monoisotopic (exact) mass is 356 g/mol. The van der Waals surface area contributed by atoms with Crippen LogP contribution < -0.4 is 5.32 Å². The van der Waals surface area contributed by atoms with Crippen LogP contribution in [0.2, 0.25) is 0 Å². The van der Waals surface area contributed by atoms with Crippen LogP contribution in [0.15, 0.2) is 6.33 Å². The van der Waals surface area contributed by atoms with E-state index in [1.54, 1.807) is 18.4 Å². The van der Waals surface area contributed by atoms with Gasteiger partial charge in [0.1, 0.15) is 11.9 Å². The lowest BCUT2D eigenvalue weighted by Crippen LogP contribution is -2.48. The summed E-state index contributed by atoms with van der Waals surface area (Å²) >= 11 is 0. The molecule has 1 aliphatic carbocycles. The number of fused-ring (bicyclic) bond motifs is 1. The Balaban J connectivity index is 1.59. The second kappa shape index (κ2) is 6.71. The van der Waals surface area contributed by atoms with Gasteiger partial charge in [-0.1, -0.05) is 0 Å². The molecular weight excluding hydrogens is 336 g/mol. The van der Waals surface area contributed by atoms with Crippen molar-refractivity contribution in [3.05, 3.63) is 23.3 Å². The van der Waals surface area contributed by atoms with Gasteiger partial charge in [-0.15, -0.1) is 0 Å². The van der Waals surface area contributed by atoms with Crippen molar-refractivity contribution in [2.24, 2.45) is 5.92 Å². The molecule has 0 spiro atoms. The first-order valence-electron chi connectivity index (χ1n) is 8.37. The molecule has 1 aliphatic rings. The maximum absolute atomic E-state index is 12.1. The summed E-state index contributed by atoms with van der Waals surface area (Å²) in [7, 11) is 0. The van der Waals surface area contributed by atoms with E-state index in [0.717, 1.165) is 18.5 Å². The predicted molar refractivity (Wildman–Crippen MR) is 89.8 cm³/mol. The number of amides is 1. The summed E-state index contributed by atoms with van der Waals surface area (Å²) < 4.78 is 6.62. The third-order valence-corrected chi connectivity index (χ3v) is 4.70. The zero-order valence-corrected chi connectivity index (χ0v) is 14.9. The highest BCUT2D eigenvalue weighted by atomic mass is 16.5. The molecule has 1 N–H and O–H groups in total. The molecule has 0 unspecified atom stereocenters. The van der Waals surface area contributed by atoms with Crippen LogP contribution in [0.25, 0.3) is 5.78 Å². The number of carbonyl (C=O) groups excluding carboxylic acids is 2. The molecule has 0 aromatic carbocycles. The average Bonchev–Trinajstić information content (AvgIpc) is 3.36. The highest BCUT2D eigenvalue weighted by Gasteiger charge is 2.43. The number of hydrogen-bond donors (Lipinski definition) is 1. The molecule has 2 heterocycles. The number of rotatable bonds is 6. The number of carbonyl (C=O) groups is 2. The number of nitrogens with one attached hydrogen (secondary N) is 1. The largest absolute Gasteiger partial charge is 0.455 e. The fourth-order valence-electron chi connectivity index (χ4n) is 2.96. The summed E-state index contributed by atoms with van der Waals surface area (Å²) in [4.78, 5) is 32.5. The van der Waals surface area contributed by atoms with Crippen LogP contribution in [0, 0.1) is 31.1 Å². The third kappa shape index (κ3) is 3.49. The normalized spacial score (nSPS) is 15.9. The van der Waals surface area contributed by atoms with Gasteiger partial charge in [0.2, 0.25) is 0 Å². The number of nitrogens with zero attached hydrogens (tertiary/aromatic N) is 5. The molecule has 1 fully saturated rings. The second-order valence-corrected chi connectivity index (χ2v) is 6.71. The summed E-state index contributed by atoms with van der Waals surface area (Å²) in [5.74, 6) is -0.393. The Labute approximate surface area is 150 Å². The van der Waals surface area contributed by atoms with Crippen molar-refractivity contribution in [2.75, 3.05) is 6.61 Å². The van der Waals surface area contributed by atoms with Crippen molar-refractivity contribution < 1.29 is 14.3 Å². The number of ether oxygens (including phenoxy) is 1. The highest BCUT2D eigenvalue weighted by molar-refractivity contribution is 5.82. The Hall–Kier alpha value is -3.02. The summed E-state index contributed by atoms with van der Waals surface area (Å²) in [6, 6.07) is 2.13. The van der Waals surface area contributed by atoms with E-state index in [-0.39, 0.29) is 12.3 Å². The van der Waals surface area contributed by atoms with Crippen LogP contribution in [0.1, 0.15) is 36.7 Å². The Kier molecular flexibility index (Phi) is 4.59. The topological polar surface area (TPSA) is 122 Å². The smallest absolute Gasteiger partial charge is 0.310 e. The van der Waals surface area contributed by atoms with E-state index in [0.29, 0.717) is 17.0 Å². The Morgan fingerprint density at radius 1 is 1.46 bits per heavy atom. The van der Waals surface area contributed by atoms with Crippen LogP contribution in [-0.2, 0) is 20.7 Å². The van der Waals surface area contributed by atoms with Gasteiger partial charge in [0.05, 0.1) is 12.5 Å². The molecule has 1 amide bonds. The van der Waals surface area contributed by atoms with Crippen LogP contribution in [0.3, 0.4) is 0 Å². The molecule has 26 heavy (non-hydrogen) atoms. The van der Waals surface area contributed by atoms with Crippen molar-refractivity contribution in [1.82, 2.24) is 24.9 Å². The summed E-state index contributed by atoms with van der Waals surface area (Å²) in [6.45, 7) is 4.88. The zero-order chi connectivity index (χ0) is 18.9. The van der Waals surface area contributed by atoms with E-state index >= 15 is 0 Å². The average molecular weight is 356 g/mol. The van der Waals surface area contributed by atoms with Crippen LogP contribution in [0.4, 0.5) is 0 Å².